The molecule has 0 aromatic heterocycles. The zero-order valence-electron chi connectivity index (χ0n) is 23.8. The molecule has 3 N–H and O–H groups in total. The summed E-state index contributed by atoms with van der Waals surface area (Å²) in [4.78, 5) is 32.6. The van der Waals surface area contributed by atoms with Crippen molar-refractivity contribution in [2.24, 2.45) is 11.8 Å². The molecule has 1 heterocycles. The lowest BCUT2D eigenvalue weighted by atomic mass is 9.67. The van der Waals surface area contributed by atoms with Crippen LogP contribution in [0.25, 0.3) is 0 Å². The minimum atomic E-state index is -0.742. The molecule has 8 heteroatoms. The summed E-state index contributed by atoms with van der Waals surface area (Å²) < 4.78 is 14.9. The van der Waals surface area contributed by atoms with Gasteiger partial charge in [0, 0.05) is 54.6 Å². The van der Waals surface area contributed by atoms with E-state index in [1.54, 1.807) is 43.3 Å². The zero-order valence-corrected chi connectivity index (χ0v) is 23.8. The third-order valence-electron chi connectivity index (χ3n) is 8.39. The molecule has 0 unspecified atom stereocenters. The predicted molar refractivity (Wildman–Crippen MR) is 156 cm³/mol. The van der Waals surface area contributed by atoms with Gasteiger partial charge in [0.25, 0.3) is 0 Å². The maximum atomic E-state index is 14.9. The Hall–Kier alpha value is -3.59. The molecule has 1 aliphatic rings. The molecule has 0 saturated carbocycles. The number of carbonyl (C=O) groups is 2. The number of halogens is 1. The smallest absolute Gasteiger partial charge is 0.167 e. The number of hydrogen-bond donors (Lipinski definition) is 3. The first kappa shape index (κ1) is 30.4. The van der Waals surface area contributed by atoms with Crippen LogP contribution in [0.1, 0.15) is 51.6 Å². The van der Waals surface area contributed by atoms with Crippen LogP contribution in [0.3, 0.4) is 0 Å². The number of nitrogens with zero attached hydrogens (tertiary/aromatic N) is 2. The number of Topliss-reactive ketones (excluding diaryl/α,β-unsaturated/α-hetero) is 2. The lowest BCUT2D eigenvalue weighted by Crippen LogP contribution is -2.55. The number of likely N-dealkylation sites (N-methyl/N-ethyl adjacent to an activating group) is 1. The van der Waals surface area contributed by atoms with Gasteiger partial charge < -0.3 is 20.2 Å². The fourth-order valence-corrected chi connectivity index (χ4v) is 6.27. The molecular weight excluding hydrogens is 523 g/mol. The van der Waals surface area contributed by atoms with Crippen molar-refractivity contribution < 1.29 is 29.3 Å². The van der Waals surface area contributed by atoms with Gasteiger partial charge >= 0.3 is 0 Å². The van der Waals surface area contributed by atoms with E-state index in [2.05, 4.69) is 4.90 Å². The topological polar surface area (TPSA) is 101 Å². The summed E-state index contributed by atoms with van der Waals surface area (Å²) in [6, 6.07) is 16.8. The average molecular weight is 563 g/mol. The SMILES string of the molecule is CCN(CC)[C@@H](CO)CN1C[C@H](C(=O)c2cccc(O)c2)[C@H](c2cccc(F)c2C)[C@H](C(=O)c2cccc(O)c2)C1. The first-order chi connectivity index (χ1) is 19.7. The second-order valence-corrected chi connectivity index (χ2v) is 10.8. The number of aliphatic hydroxyl groups is 1. The van der Waals surface area contributed by atoms with Gasteiger partial charge in [-0.05, 0) is 61.5 Å². The van der Waals surface area contributed by atoms with Crippen LogP contribution >= 0.6 is 0 Å². The minimum absolute atomic E-state index is 0.0451. The first-order valence-corrected chi connectivity index (χ1v) is 14.2. The van der Waals surface area contributed by atoms with Gasteiger partial charge in [-0.15, -0.1) is 0 Å². The first-order valence-electron chi connectivity index (χ1n) is 14.2. The van der Waals surface area contributed by atoms with Gasteiger partial charge in [-0.2, -0.15) is 0 Å². The molecule has 7 nitrogen and oxygen atoms in total. The molecule has 0 amide bonds. The van der Waals surface area contributed by atoms with Crippen LogP contribution in [0.5, 0.6) is 11.5 Å². The second kappa shape index (κ2) is 13.4. The standard InChI is InChI=1S/C33H39FN2O5/c1-4-36(5-2)24(20-37)17-35-18-28(32(40)22-9-6-11-25(38)15-22)31(27-13-8-14-30(34)21(27)3)29(19-35)33(41)23-10-7-12-26(39)16-23/h6-16,24,28-29,31,37-39H,4-5,17-20H2,1-3H3/t24-,28-,29+,31-/m1/s1. The maximum absolute atomic E-state index is 14.9. The minimum Gasteiger partial charge on any atom is -0.508 e. The van der Waals surface area contributed by atoms with Crippen LogP contribution in [0, 0.1) is 24.6 Å². The second-order valence-electron chi connectivity index (χ2n) is 10.8. The number of likely N-dealkylation sites (tertiary alicyclic amines) is 1. The highest BCUT2D eigenvalue weighted by molar-refractivity contribution is 6.02. The van der Waals surface area contributed by atoms with Crippen molar-refractivity contribution in [1.29, 1.82) is 0 Å². The summed E-state index contributed by atoms with van der Waals surface area (Å²) in [6.45, 7) is 8.09. The predicted octanol–water partition coefficient (Wildman–Crippen LogP) is 4.65. The molecule has 4 atom stereocenters. The summed E-state index contributed by atoms with van der Waals surface area (Å²) in [5.74, 6) is -3.16. The number of rotatable bonds is 11. The van der Waals surface area contributed by atoms with Crippen LogP contribution in [-0.4, -0.2) is 82.1 Å². The van der Waals surface area contributed by atoms with Gasteiger partial charge in [-0.25, -0.2) is 4.39 Å². The Morgan fingerprint density at radius 1 is 0.902 bits per heavy atom. The Balaban J connectivity index is 1.86. The van der Waals surface area contributed by atoms with Crippen molar-refractivity contribution >= 4 is 11.6 Å². The fraction of sp³-hybridized carbons (Fsp3) is 0.394. The van der Waals surface area contributed by atoms with Crippen LogP contribution in [0.4, 0.5) is 4.39 Å². The summed E-state index contributed by atoms with van der Waals surface area (Å²) in [7, 11) is 0. The molecule has 0 radical (unpaired) electrons. The molecule has 41 heavy (non-hydrogen) atoms. The zero-order chi connectivity index (χ0) is 29.7. The summed E-state index contributed by atoms with van der Waals surface area (Å²) in [5.41, 5.74) is 1.58. The lowest BCUT2D eigenvalue weighted by molar-refractivity contribution is 0.0396. The monoisotopic (exact) mass is 562 g/mol. The van der Waals surface area contributed by atoms with E-state index in [1.165, 1.54) is 30.3 Å². The maximum Gasteiger partial charge on any atom is 0.167 e. The van der Waals surface area contributed by atoms with Crippen LogP contribution in [0.2, 0.25) is 0 Å². The number of hydrogen-bond acceptors (Lipinski definition) is 7. The van der Waals surface area contributed by atoms with Gasteiger partial charge in [-0.3, -0.25) is 14.5 Å². The van der Waals surface area contributed by atoms with E-state index in [-0.39, 0.29) is 48.8 Å². The molecule has 1 fully saturated rings. The molecular formula is C33H39FN2O5. The summed E-state index contributed by atoms with van der Waals surface area (Å²) >= 11 is 0. The number of phenolic OH excluding ortho intramolecular Hbond substituents is 2. The van der Waals surface area contributed by atoms with E-state index in [0.29, 0.717) is 28.8 Å². The van der Waals surface area contributed by atoms with E-state index in [9.17, 15) is 29.3 Å². The number of aromatic hydroxyl groups is 2. The Morgan fingerprint density at radius 3 is 1.88 bits per heavy atom. The number of phenols is 2. The molecule has 218 valence electrons. The van der Waals surface area contributed by atoms with Crippen molar-refractivity contribution in [3.63, 3.8) is 0 Å². The molecule has 0 spiro atoms. The number of piperidine rings is 1. The van der Waals surface area contributed by atoms with E-state index >= 15 is 0 Å². The molecule has 4 rings (SSSR count). The third-order valence-corrected chi connectivity index (χ3v) is 8.39. The van der Waals surface area contributed by atoms with E-state index in [0.717, 1.165) is 13.1 Å². The number of benzene rings is 3. The van der Waals surface area contributed by atoms with Crippen molar-refractivity contribution in [3.8, 4) is 11.5 Å². The molecule has 0 bridgehead atoms. The highest BCUT2D eigenvalue weighted by Gasteiger charge is 2.46. The largest absolute Gasteiger partial charge is 0.508 e. The highest BCUT2D eigenvalue weighted by Crippen LogP contribution is 2.43. The Bertz CT molecular complexity index is 1310. The fourth-order valence-electron chi connectivity index (χ4n) is 6.27. The van der Waals surface area contributed by atoms with Crippen LogP contribution in [-0.2, 0) is 0 Å². The van der Waals surface area contributed by atoms with Crippen molar-refractivity contribution in [2.45, 2.75) is 32.7 Å². The quantitative estimate of drug-likeness (QED) is 0.293. The van der Waals surface area contributed by atoms with Crippen molar-refractivity contribution in [3.05, 3.63) is 94.8 Å². The van der Waals surface area contributed by atoms with Crippen molar-refractivity contribution in [1.82, 2.24) is 9.80 Å². The van der Waals surface area contributed by atoms with Gasteiger partial charge in [0.1, 0.15) is 17.3 Å². The van der Waals surface area contributed by atoms with Gasteiger partial charge in [0.15, 0.2) is 11.6 Å². The van der Waals surface area contributed by atoms with Crippen molar-refractivity contribution in [2.75, 3.05) is 39.3 Å². The number of ketones is 2. The number of aliphatic hydroxyl groups excluding tert-OH is 1. The van der Waals surface area contributed by atoms with Crippen LogP contribution in [0.15, 0.2) is 66.7 Å². The normalized spacial score (nSPS) is 20.2. The Kier molecular flexibility index (Phi) is 9.91. The van der Waals surface area contributed by atoms with E-state index in [4.69, 9.17) is 0 Å². The molecule has 0 aliphatic carbocycles. The molecule has 1 aliphatic heterocycles. The van der Waals surface area contributed by atoms with E-state index in [1.807, 2.05) is 18.7 Å². The molecule has 3 aromatic carbocycles. The van der Waals surface area contributed by atoms with Crippen LogP contribution < -0.4 is 0 Å². The highest BCUT2D eigenvalue weighted by atomic mass is 19.1. The van der Waals surface area contributed by atoms with Gasteiger partial charge in [0.05, 0.1) is 6.61 Å². The molecule has 3 aromatic rings. The van der Waals surface area contributed by atoms with Gasteiger partial charge in [-0.1, -0.05) is 50.2 Å². The Morgan fingerprint density at radius 2 is 1.41 bits per heavy atom. The summed E-state index contributed by atoms with van der Waals surface area (Å²) in [5, 5.41) is 30.5. The Labute approximate surface area is 240 Å². The summed E-state index contributed by atoms with van der Waals surface area (Å²) in [6.07, 6.45) is 0. The average Bonchev–Trinajstić information content (AvgIpc) is 2.97. The van der Waals surface area contributed by atoms with E-state index < -0.39 is 23.6 Å². The third kappa shape index (κ3) is 6.67. The number of carbonyl (C=O) groups excluding carboxylic acids is 2. The molecule has 1 saturated heterocycles. The lowest BCUT2D eigenvalue weighted by Gasteiger charge is -2.45. The van der Waals surface area contributed by atoms with Gasteiger partial charge in [0.2, 0.25) is 0 Å².